The van der Waals surface area contributed by atoms with Crippen LogP contribution in [0, 0.1) is 0 Å². The fourth-order valence-electron chi connectivity index (χ4n) is 2.04. The monoisotopic (exact) mass is 320 g/mol. The fraction of sp³-hybridized carbons (Fsp3) is 0.462. The van der Waals surface area contributed by atoms with Gasteiger partial charge in [-0.3, -0.25) is 4.79 Å². The first-order valence-corrected chi connectivity index (χ1v) is 7.48. The second kappa shape index (κ2) is 8.00. The van der Waals surface area contributed by atoms with Crippen LogP contribution in [0.25, 0.3) is 0 Å². The summed E-state index contributed by atoms with van der Waals surface area (Å²) in [6.07, 6.45) is 2.18. The predicted molar refractivity (Wildman–Crippen MR) is 83.2 cm³/mol. The van der Waals surface area contributed by atoms with Gasteiger partial charge in [0.1, 0.15) is 0 Å². The first-order chi connectivity index (χ1) is 8.70. The van der Waals surface area contributed by atoms with E-state index in [1.165, 1.54) is 4.90 Å². The average Bonchev–Trinajstić information content (AvgIpc) is 2.37. The van der Waals surface area contributed by atoms with Crippen LogP contribution < -0.4 is 11.1 Å². The molecule has 0 aliphatic carbocycles. The second-order valence-electron chi connectivity index (χ2n) is 4.33. The van der Waals surface area contributed by atoms with Gasteiger partial charge in [-0.15, -0.1) is 24.2 Å². The quantitative estimate of drug-likeness (QED) is 0.896. The van der Waals surface area contributed by atoms with Crippen molar-refractivity contribution in [2.24, 2.45) is 5.73 Å². The summed E-state index contributed by atoms with van der Waals surface area (Å²) < 4.78 is 0. The number of hydrogen-bond donors (Lipinski definition) is 2. The van der Waals surface area contributed by atoms with E-state index in [1.807, 2.05) is 30.0 Å². The van der Waals surface area contributed by atoms with Crippen molar-refractivity contribution in [2.75, 3.05) is 12.3 Å². The Labute approximate surface area is 129 Å². The lowest BCUT2D eigenvalue weighted by molar-refractivity contribution is -0.121. The van der Waals surface area contributed by atoms with Crippen molar-refractivity contribution in [1.82, 2.24) is 5.32 Å². The molecule has 0 fully saturated rings. The van der Waals surface area contributed by atoms with Crippen LogP contribution >= 0.6 is 35.8 Å². The third-order valence-corrected chi connectivity index (χ3v) is 4.31. The van der Waals surface area contributed by atoms with Gasteiger partial charge in [-0.25, -0.2) is 0 Å². The Morgan fingerprint density at radius 2 is 2.32 bits per heavy atom. The number of rotatable bonds is 4. The van der Waals surface area contributed by atoms with Gasteiger partial charge >= 0.3 is 0 Å². The predicted octanol–water partition coefficient (Wildman–Crippen LogP) is 3.15. The summed E-state index contributed by atoms with van der Waals surface area (Å²) in [4.78, 5) is 13.0. The van der Waals surface area contributed by atoms with Crippen LogP contribution in [0.4, 0.5) is 0 Å². The number of nitrogens with two attached hydrogens (primary N) is 1. The molecule has 3 N–H and O–H groups in total. The van der Waals surface area contributed by atoms with Crippen LogP contribution in [-0.4, -0.2) is 18.2 Å². The number of carbonyl (C=O) groups is 1. The number of thioether (sulfide) groups is 1. The van der Waals surface area contributed by atoms with Crippen molar-refractivity contribution in [3.05, 3.63) is 28.8 Å². The van der Waals surface area contributed by atoms with Crippen LogP contribution in [0.1, 0.15) is 30.9 Å². The van der Waals surface area contributed by atoms with Crippen LogP contribution in [0.15, 0.2) is 23.1 Å². The Morgan fingerprint density at radius 1 is 1.53 bits per heavy atom. The zero-order chi connectivity index (χ0) is 13.0. The molecule has 1 aromatic carbocycles. The SMILES string of the molecule is Cl.NCCCC(=O)NC1CCSc2ccc(Cl)cc21. The maximum absolute atomic E-state index is 11.8. The molecule has 2 rings (SSSR count). The smallest absolute Gasteiger partial charge is 0.220 e. The second-order valence-corrected chi connectivity index (χ2v) is 5.90. The number of nitrogens with one attached hydrogen (secondary N) is 1. The van der Waals surface area contributed by atoms with Gasteiger partial charge in [0.25, 0.3) is 0 Å². The molecule has 0 spiro atoms. The molecular formula is C13H18Cl2N2OS. The highest BCUT2D eigenvalue weighted by atomic mass is 35.5. The third kappa shape index (κ3) is 4.56. The van der Waals surface area contributed by atoms with E-state index < -0.39 is 0 Å². The third-order valence-electron chi connectivity index (χ3n) is 2.95. The number of hydrogen-bond acceptors (Lipinski definition) is 3. The molecule has 1 aliphatic heterocycles. The highest BCUT2D eigenvalue weighted by Crippen LogP contribution is 2.37. The number of benzene rings is 1. The van der Waals surface area contributed by atoms with Crippen molar-refractivity contribution < 1.29 is 4.79 Å². The van der Waals surface area contributed by atoms with Crippen molar-refractivity contribution in [3.63, 3.8) is 0 Å². The number of amides is 1. The first-order valence-electron chi connectivity index (χ1n) is 6.12. The molecule has 0 saturated heterocycles. The number of fused-ring (bicyclic) bond motifs is 1. The maximum atomic E-state index is 11.8. The summed E-state index contributed by atoms with van der Waals surface area (Å²) in [6.45, 7) is 0.552. The Morgan fingerprint density at radius 3 is 3.05 bits per heavy atom. The Balaban J connectivity index is 0.00000180. The zero-order valence-corrected chi connectivity index (χ0v) is 12.9. The van der Waals surface area contributed by atoms with Gasteiger partial charge in [0.05, 0.1) is 6.04 Å². The first kappa shape index (κ1) is 16.6. The zero-order valence-electron chi connectivity index (χ0n) is 10.5. The Bertz CT molecular complexity index is 443. The van der Waals surface area contributed by atoms with Crippen molar-refractivity contribution in [2.45, 2.75) is 30.2 Å². The van der Waals surface area contributed by atoms with Crippen LogP contribution in [0.3, 0.4) is 0 Å². The molecular weight excluding hydrogens is 303 g/mol. The van der Waals surface area contributed by atoms with E-state index in [1.54, 1.807) is 0 Å². The van der Waals surface area contributed by atoms with E-state index in [-0.39, 0.29) is 24.4 Å². The molecule has 0 bridgehead atoms. The summed E-state index contributed by atoms with van der Waals surface area (Å²) in [5.74, 6) is 1.10. The average molecular weight is 321 g/mol. The lowest BCUT2D eigenvalue weighted by Gasteiger charge is -2.26. The summed E-state index contributed by atoms with van der Waals surface area (Å²) in [5, 5.41) is 3.79. The standard InChI is InChI=1S/C13H17ClN2OS.ClH/c14-9-3-4-12-10(8-9)11(5-7-18-12)16-13(17)2-1-6-15;/h3-4,8,11H,1-2,5-7,15H2,(H,16,17);1H. The molecule has 1 unspecified atom stereocenters. The van der Waals surface area contributed by atoms with Crippen molar-refractivity contribution in [3.8, 4) is 0 Å². The summed E-state index contributed by atoms with van der Waals surface area (Å²) in [5.41, 5.74) is 6.54. The van der Waals surface area contributed by atoms with Crippen molar-refractivity contribution >= 4 is 41.7 Å². The molecule has 1 heterocycles. The van der Waals surface area contributed by atoms with E-state index in [9.17, 15) is 4.79 Å². The van der Waals surface area contributed by atoms with Gasteiger partial charge < -0.3 is 11.1 Å². The molecule has 6 heteroatoms. The lowest BCUT2D eigenvalue weighted by atomic mass is 10.0. The maximum Gasteiger partial charge on any atom is 0.220 e. The van der Waals surface area contributed by atoms with E-state index >= 15 is 0 Å². The Hall–Kier alpha value is -0.420. The molecule has 0 radical (unpaired) electrons. The van der Waals surface area contributed by atoms with E-state index in [0.29, 0.717) is 13.0 Å². The van der Waals surface area contributed by atoms with Gasteiger partial charge in [0.2, 0.25) is 5.91 Å². The molecule has 0 saturated carbocycles. The topological polar surface area (TPSA) is 55.1 Å². The minimum atomic E-state index is 0. The van der Waals surface area contributed by atoms with Gasteiger partial charge in [0.15, 0.2) is 0 Å². The van der Waals surface area contributed by atoms with Gasteiger partial charge in [-0.05, 0) is 43.1 Å². The minimum Gasteiger partial charge on any atom is -0.349 e. The highest BCUT2D eigenvalue weighted by molar-refractivity contribution is 7.99. The van der Waals surface area contributed by atoms with Gasteiger partial charge in [-0.1, -0.05) is 11.6 Å². The highest BCUT2D eigenvalue weighted by Gasteiger charge is 2.22. The van der Waals surface area contributed by atoms with E-state index in [0.717, 1.165) is 29.2 Å². The normalized spacial score (nSPS) is 17.3. The van der Waals surface area contributed by atoms with E-state index in [4.69, 9.17) is 17.3 Å². The molecule has 1 aromatic rings. The van der Waals surface area contributed by atoms with Gasteiger partial charge in [-0.2, -0.15) is 0 Å². The molecule has 1 amide bonds. The van der Waals surface area contributed by atoms with Crippen LogP contribution in [0.2, 0.25) is 5.02 Å². The molecule has 1 aliphatic rings. The number of carbonyl (C=O) groups excluding carboxylic acids is 1. The van der Waals surface area contributed by atoms with Crippen molar-refractivity contribution in [1.29, 1.82) is 0 Å². The summed E-state index contributed by atoms with van der Waals surface area (Å²) in [6, 6.07) is 5.97. The largest absolute Gasteiger partial charge is 0.349 e. The van der Waals surface area contributed by atoms with Crippen LogP contribution in [-0.2, 0) is 4.79 Å². The molecule has 1 atom stereocenters. The summed E-state index contributed by atoms with van der Waals surface area (Å²) >= 11 is 7.84. The minimum absolute atomic E-state index is 0. The summed E-state index contributed by atoms with van der Waals surface area (Å²) in [7, 11) is 0. The van der Waals surface area contributed by atoms with E-state index in [2.05, 4.69) is 5.32 Å². The molecule has 106 valence electrons. The lowest BCUT2D eigenvalue weighted by Crippen LogP contribution is -2.30. The Kier molecular flexibility index (Phi) is 7.00. The molecule has 3 nitrogen and oxygen atoms in total. The fourth-order valence-corrected chi connectivity index (χ4v) is 3.33. The van der Waals surface area contributed by atoms with Gasteiger partial charge in [0, 0.05) is 22.1 Å². The molecule has 19 heavy (non-hydrogen) atoms. The number of halogens is 2. The van der Waals surface area contributed by atoms with Crippen LogP contribution in [0.5, 0.6) is 0 Å². The molecule has 0 aromatic heterocycles.